The van der Waals surface area contributed by atoms with Gasteiger partial charge < -0.3 is 14.4 Å². The maximum absolute atomic E-state index is 13.2. The molecule has 0 atom stereocenters. The number of rotatable bonds is 7. The van der Waals surface area contributed by atoms with Gasteiger partial charge in [0, 0.05) is 11.8 Å². The molecule has 132 valence electrons. The van der Waals surface area contributed by atoms with Crippen LogP contribution >= 0.6 is 0 Å². The number of aliphatic hydroxyl groups excluding tert-OH is 1. The van der Waals surface area contributed by atoms with Gasteiger partial charge in [0.15, 0.2) is 5.82 Å². The number of halogens is 1. The third-order valence-electron chi connectivity index (χ3n) is 3.92. The summed E-state index contributed by atoms with van der Waals surface area (Å²) in [5.41, 5.74) is 2.01. The van der Waals surface area contributed by atoms with Crippen molar-refractivity contribution in [2.75, 3.05) is 6.61 Å². The third-order valence-corrected chi connectivity index (χ3v) is 3.92. The van der Waals surface area contributed by atoms with Crippen molar-refractivity contribution in [3.63, 3.8) is 0 Å². The molecule has 3 aromatic rings. The van der Waals surface area contributed by atoms with E-state index >= 15 is 0 Å². The second-order valence-electron chi connectivity index (χ2n) is 5.68. The lowest BCUT2D eigenvalue weighted by Crippen LogP contribution is -2.12. The molecule has 2 aromatic heterocycles. The van der Waals surface area contributed by atoms with E-state index in [0.717, 1.165) is 11.4 Å². The summed E-state index contributed by atoms with van der Waals surface area (Å²) in [6, 6.07) is 5.92. The fourth-order valence-electron chi connectivity index (χ4n) is 2.44. The molecule has 1 N–H and O–H groups in total. The first-order valence-electron chi connectivity index (χ1n) is 7.97. The van der Waals surface area contributed by atoms with Crippen molar-refractivity contribution in [2.45, 2.75) is 33.5 Å². The van der Waals surface area contributed by atoms with E-state index in [2.05, 4.69) is 15.1 Å². The number of aliphatic hydroxyl groups is 1. The summed E-state index contributed by atoms with van der Waals surface area (Å²) in [5.74, 6) is 1.23. The van der Waals surface area contributed by atoms with Crippen molar-refractivity contribution in [2.24, 2.45) is 0 Å². The van der Waals surface area contributed by atoms with Gasteiger partial charge in [0.05, 0.1) is 31.7 Å². The minimum Gasteiger partial charge on any atom is -0.485 e. The first-order valence-corrected chi connectivity index (χ1v) is 7.97. The minimum atomic E-state index is -0.358. The molecule has 0 aliphatic heterocycles. The Kier molecular flexibility index (Phi) is 5.08. The van der Waals surface area contributed by atoms with Crippen molar-refractivity contribution in [1.29, 1.82) is 0 Å². The van der Waals surface area contributed by atoms with Gasteiger partial charge in [-0.3, -0.25) is 0 Å². The molecule has 1 aromatic carbocycles. The van der Waals surface area contributed by atoms with Crippen LogP contribution in [-0.2, 0) is 19.7 Å². The lowest BCUT2D eigenvalue weighted by Gasteiger charge is -2.06. The van der Waals surface area contributed by atoms with E-state index < -0.39 is 0 Å². The molecular weight excluding hydrogens is 325 g/mol. The molecule has 0 saturated heterocycles. The molecule has 8 heteroatoms. The lowest BCUT2D eigenvalue weighted by molar-refractivity contribution is 0.263. The molecule has 25 heavy (non-hydrogen) atoms. The monoisotopic (exact) mass is 345 g/mol. The Labute approximate surface area is 144 Å². The molecule has 2 heterocycles. The normalized spacial score (nSPS) is 11.0. The zero-order valence-electron chi connectivity index (χ0n) is 14.2. The number of hydrogen-bond donors (Lipinski definition) is 1. The number of aromatic nitrogens is 5. The Morgan fingerprint density at radius 3 is 2.80 bits per heavy atom. The highest BCUT2D eigenvalue weighted by atomic mass is 19.1. The quantitative estimate of drug-likeness (QED) is 0.707. The van der Waals surface area contributed by atoms with Crippen LogP contribution in [0.3, 0.4) is 0 Å². The van der Waals surface area contributed by atoms with Crippen molar-refractivity contribution < 1.29 is 14.2 Å². The van der Waals surface area contributed by atoms with Gasteiger partial charge in [0.25, 0.3) is 0 Å². The van der Waals surface area contributed by atoms with Crippen molar-refractivity contribution >= 4 is 0 Å². The van der Waals surface area contributed by atoms with Crippen LogP contribution in [0.25, 0.3) is 0 Å². The Morgan fingerprint density at radius 1 is 1.28 bits per heavy atom. The molecule has 0 unspecified atom stereocenters. The number of nitrogens with zero attached hydrogens (tertiary/aromatic N) is 5. The van der Waals surface area contributed by atoms with Gasteiger partial charge >= 0.3 is 0 Å². The molecule has 0 radical (unpaired) electrons. The topological polar surface area (TPSA) is 78.0 Å². The summed E-state index contributed by atoms with van der Waals surface area (Å²) in [6.07, 6.45) is 1.76. The van der Waals surface area contributed by atoms with Gasteiger partial charge in [0.2, 0.25) is 0 Å². The molecular formula is C17H20FN5O2. The van der Waals surface area contributed by atoms with Gasteiger partial charge in [-0.05, 0) is 26.0 Å². The number of ether oxygens (including phenoxy) is 1. The first-order chi connectivity index (χ1) is 12.1. The van der Waals surface area contributed by atoms with Crippen LogP contribution in [0.5, 0.6) is 5.75 Å². The highest BCUT2D eigenvalue weighted by molar-refractivity contribution is 5.22. The highest BCUT2D eigenvalue weighted by Gasteiger charge is 2.13. The lowest BCUT2D eigenvalue weighted by atomic mass is 10.3. The molecule has 0 aliphatic carbocycles. The molecule has 3 rings (SSSR count). The van der Waals surface area contributed by atoms with Gasteiger partial charge in [-0.1, -0.05) is 6.07 Å². The molecule has 0 saturated carbocycles. The van der Waals surface area contributed by atoms with Crippen molar-refractivity contribution in [3.05, 3.63) is 59.4 Å². The first kappa shape index (κ1) is 17.1. The van der Waals surface area contributed by atoms with E-state index in [1.54, 1.807) is 23.1 Å². The van der Waals surface area contributed by atoms with Crippen LogP contribution in [0, 0.1) is 19.7 Å². The van der Waals surface area contributed by atoms with Crippen molar-refractivity contribution in [1.82, 2.24) is 24.3 Å². The van der Waals surface area contributed by atoms with Crippen LogP contribution in [0.2, 0.25) is 0 Å². The van der Waals surface area contributed by atoms with E-state index in [9.17, 15) is 9.50 Å². The zero-order valence-corrected chi connectivity index (χ0v) is 14.2. The fraction of sp³-hybridized carbons (Fsp3) is 0.353. The van der Waals surface area contributed by atoms with Crippen LogP contribution in [0.4, 0.5) is 4.39 Å². The predicted molar refractivity (Wildman–Crippen MR) is 88.6 cm³/mol. The summed E-state index contributed by atoms with van der Waals surface area (Å²) in [4.78, 5) is 8.76. The molecule has 0 aliphatic rings. The zero-order chi connectivity index (χ0) is 17.8. The SMILES string of the molecule is Cc1ncn(Cc2nc(COc3cccc(F)c3)nn2CCO)c1C. The van der Waals surface area contributed by atoms with Gasteiger partial charge in [0.1, 0.15) is 24.0 Å². The van der Waals surface area contributed by atoms with Crippen LogP contribution in [0.15, 0.2) is 30.6 Å². The Hall–Kier alpha value is -2.74. The van der Waals surface area contributed by atoms with Crippen LogP contribution in [0.1, 0.15) is 23.0 Å². The fourth-order valence-corrected chi connectivity index (χ4v) is 2.44. The number of benzene rings is 1. The Bertz CT molecular complexity index is 859. The number of hydrogen-bond acceptors (Lipinski definition) is 5. The number of imidazole rings is 1. The van der Waals surface area contributed by atoms with Crippen LogP contribution in [-0.4, -0.2) is 36.0 Å². The summed E-state index contributed by atoms with van der Waals surface area (Å²) < 4.78 is 22.4. The van der Waals surface area contributed by atoms with Crippen molar-refractivity contribution in [3.8, 4) is 5.75 Å². The summed E-state index contributed by atoms with van der Waals surface area (Å²) in [7, 11) is 0. The smallest absolute Gasteiger partial charge is 0.188 e. The Morgan fingerprint density at radius 2 is 2.12 bits per heavy atom. The largest absolute Gasteiger partial charge is 0.485 e. The summed E-state index contributed by atoms with van der Waals surface area (Å²) in [5, 5.41) is 13.6. The van der Waals surface area contributed by atoms with Gasteiger partial charge in [-0.15, -0.1) is 0 Å². The maximum atomic E-state index is 13.2. The van der Waals surface area contributed by atoms with E-state index in [-0.39, 0.29) is 19.0 Å². The number of aryl methyl sites for hydroxylation is 1. The average molecular weight is 345 g/mol. The van der Waals surface area contributed by atoms with E-state index in [1.807, 2.05) is 18.4 Å². The molecule has 0 spiro atoms. The van der Waals surface area contributed by atoms with E-state index in [0.29, 0.717) is 30.5 Å². The summed E-state index contributed by atoms with van der Waals surface area (Å²) in [6.45, 7) is 4.86. The molecule has 0 amide bonds. The highest BCUT2D eigenvalue weighted by Crippen LogP contribution is 2.14. The Balaban J connectivity index is 1.75. The van der Waals surface area contributed by atoms with E-state index in [4.69, 9.17) is 4.74 Å². The maximum Gasteiger partial charge on any atom is 0.188 e. The predicted octanol–water partition coefficient (Wildman–Crippen LogP) is 1.85. The average Bonchev–Trinajstić information content (AvgIpc) is 3.12. The second-order valence-corrected chi connectivity index (χ2v) is 5.68. The van der Waals surface area contributed by atoms with Gasteiger partial charge in [-0.2, -0.15) is 5.10 Å². The molecule has 0 fully saturated rings. The molecule has 0 bridgehead atoms. The third kappa shape index (κ3) is 4.03. The summed E-state index contributed by atoms with van der Waals surface area (Å²) >= 11 is 0. The molecule has 7 nitrogen and oxygen atoms in total. The van der Waals surface area contributed by atoms with E-state index in [1.165, 1.54) is 12.1 Å². The van der Waals surface area contributed by atoms with Crippen LogP contribution < -0.4 is 4.74 Å². The minimum absolute atomic E-state index is 0.0392. The second kappa shape index (κ2) is 7.43. The standard InChI is InChI=1S/C17H20FN5O2/c1-12-13(2)22(11-19-12)9-17-20-16(21-23(17)6-7-24)10-25-15-5-3-4-14(18)8-15/h3-5,8,11,24H,6-7,9-10H2,1-2H3. The van der Waals surface area contributed by atoms with Gasteiger partial charge in [-0.25, -0.2) is 19.0 Å².